The quantitative estimate of drug-likeness (QED) is 0.428. The van der Waals surface area contributed by atoms with Crippen LogP contribution in [0.1, 0.15) is 48.0 Å². The maximum absolute atomic E-state index is 14.5. The Morgan fingerprint density at radius 1 is 0.938 bits per heavy atom. The van der Waals surface area contributed by atoms with E-state index in [4.69, 9.17) is 0 Å². The van der Waals surface area contributed by atoms with E-state index in [1.165, 1.54) is 18.7 Å². The first-order chi connectivity index (χ1) is 15.7. The SMILES string of the molecule is O=C(NC1CCCCC1)c1ccc(F)c2cnn(Cc3ccc(-c4ccccc4)cc3)c12. The molecule has 32 heavy (non-hydrogen) atoms. The molecule has 1 fully saturated rings. The van der Waals surface area contributed by atoms with E-state index in [1.807, 2.05) is 18.2 Å². The monoisotopic (exact) mass is 427 g/mol. The van der Waals surface area contributed by atoms with Crippen LogP contribution in [0, 0.1) is 5.82 Å². The van der Waals surface area contributed by atoms with E-state index >= 15 is 0 Å². The maximum atomic E-state index is 14.5. The highest BCUT2D eigenvalue weighted by molar-refractivity contribution is 6.06. The van der Waals surface area contributed by atoms with Gasteiger partial charge in [-0.15, -0.1) is 0 Å². The number of carbonyl (C=O) groups excluding carboxylic acids is 1. The summed E-state index contributed by atoms with van der Waals surface area (Å²) in [7, 11) is 0. The number of aromatic nitrogens is 2. The number of carbonyl (C=O) groups is 1. The molecule has 5 heteroatoms. The Labute approximate surface area is 187 Å². The summed E-state index contributed by atoms with van der Waals surface area (Å²) in [6.07, 6.45) is 7.02. The first kappa shape index (κ1) is 20.4. The lowest BCUT2D eigenvalue weighted by atomic mass is 9.95. The van der Waals surface area contributed by atoms with Gasteiger partial charge in [0, 0.05) is 6.04 Å². The number of hydrogen-bond donors (Lipinski definition) is 1. The Bertz CT molecular complexity index is 1230. The van der Waals surface area contributed by atoms with Gasteiger partial charge in [0.25, 0.3) is 5.91 Å². The van der Waals surface area contributed by atoms with E-state index in [0.29, 0.717) is 23.0 Å². The highest BCUT2D eigenvalue weighted by atomic mass is 19.1. The first-order valence-electron chi connectivity index (χ1n) is 11.3. The molecule has 1 N–H and O–H groups in total. The molecular formula is C27H26FN3O. The number of rotatable bonds is 5. The van der Waals surface area contributed by atoms with Crippen molar-refractivity contribution in [3.05, 3.63) is 89.9 Å². The van der Waals surface area contributed by atoms with Crippen LogP contribution in [0.5, 0.6) is 0 Å². The summed E-state index contributed by atoms with van der Waals surface area (Å²) >= 11 is 0. The van der Waals surface area contributed by atoms with Gasteiger partial charge in [-0.3, -0.25) is 9.48 Å². The van der Waals surface area contributed by atoms with E-state index in [2.05, 4.69) is 46.8 Å². The van der Waals surface area contributed by atoms with Gasteiger partial charge in [0.15, 0.2) is 0 Å². The van der Waals surface area contributed by atoms with Crippen molar-refractivity contribution >= 4 is 16.8 Å². The van der Waals surface area contributed by atoms with Crippen LogP contribution in [-0.4, -0.2) is 21.7 Å². The average molecular weight is 428 g/mol. The van der Waals surface area contributed by atoms with Crippen molar-refractivity contribution in [3.63, 3.8) is 0 Å². The second-order valence-corrected chi connectivity index (χ2v) is 8.53. The van der Waals surface area contributed by atoms with Gasteiger partial charge in [-0.05, 0) is 41.7 Å². The molecule has 1 aliphatic rings. The van der Waals surface area contributed by atoms with Crippen molar-refractivity contribution < 1.29 is 9.18 Å². The Morgan fingerprint density at radius 2 is 1.66 bits per heavy atom. The van der Waals surface area contributed by atoms with E-state index < -0.39 is 0 Å². The third-order valence-corrected chi connectivity index (χ3v) is 6.33. The Kier molecular flexibility index (Phi) is 5.71. The molecule has 0 spiro atoms. The fourth-order valence-corrected chi connectivity index (χ4v) is 4.59. The number of fused-ring (bicyclic) bond motifs is 1. The summed E-state index contributed by atoms with van der Waals surface area (Å²) in [6.45, 7) is 0.464. The van der Waals surface area contributed by atoms with Gasteiger partial charge in [0.1, 0.15) is 5.82 Å². The van der Waals surface area contributed by atoms with Crippen molar-refractivity contribution in [2.45, 2.75) is 44.7 Å². The molecule has 1 saturated carbocycles. The van der Waals surface area contributed by atoms with E-state index in [-0.39, 0.29) is 17.8 Å². The molecule has 1 heterocycles. The molecule has 5 rings (SSSR count). The highest BCUT2D eigenvalue weighted by Crippen LogP contribution is 2.25. The van der Waals surface area contributed by atoms with Crippen molar-refractivity contribution in [1.29, 1.82) is 0 Å². The summed E-state index contributed by atoms with van der Waals surface area (Å²) < 4.78 is 16.2. The van der Waals surface area contributed by atoms with Crippen LogP contribution in [0.15, 0.2) is 72.9 Å². The molecule has 3 aromatic carbocycles. The molecule has 0 atom stereocenters. The number of halogens is 1. The lowest BCUT2D eigenvalue weighted by molar-refractivity contribution is 0.0929. The lowest BCUT2D eigenvalue weighted by Gasteiger charge is -2.23. The molecular weight excluding hydrogens is 401 g/mol. The van der Waals surface area contributed by atoms with Crippen LogP contribution < -0.4 is 5.32 Å². The zero-order chi connectivity index (χ0) is 21.9. The minimum Gasteiger partial charge on any atom is -0.349 e. The van der Waals surface area contributed by atoms with Gasteiger partial charge in [-0.25, -0.2) is 4.39 Å². The third kappa shape index (κ3) is 4.15. The molecule has 0 radical (unpaired) electrons. The van der Waals surface area contributed by atoms with Crippen LogP contribution in [0.4, 0.5) is 4.39 Å². The third-order valence-electron chi connectivity index (χ3n) is 6.33. The van der Waals surface area contributed by atoms with Gasteiger partial charge in [0.2, 0.25) is 0 Å². The average Bonchev–Trinajstić information content (AvgIpc) is 3.25. The van der Waals surface area contributed by atoms with Crippen molar-refractivity contribution in [2.75, 3.05) is 0 Å². The number of benzene rings is 3. The number of nitrogens with zero attached hydrogens (tertiary/aromatic N) is 2. The van der Waals surface area contributed by atoms with E-state index in [0.717, 1.165) is 42.4 Å². The van der Waals surface area contributed by atoms with Gasteiger partial charge in [-0.1, -0.05) is 73.9 Å². The van der Waals surface area contributed by atoms with Crippen LogP contribution in [-0.2, 0) is 6.54 Å². The summed E-state index contributed by atoms with van der Waals surface area (Å²) in [5, 5.41) is 7.95. The number of amides is 1. The molecule has 4 nitrogen and oxygen atoms in total. The zero-order valence-corrected chi connectivity index (χ0v) is 17.9. The van der Waals surface area contributed by atoms with Gasteiger partial charge < -0.3 is 5.32 Å². The molecule has 162 valence electrons. The predicted molar refractivity (Wildman–Crippen MR) is 125 cm³/mol. The number of hydrogen-bond acceptors (Lipinski definition) is 2. The minimum absolute atomic E-state index is 0.150. The van der Waals surface area contributed by atoms with Crippen LogP contribution >= 0.6 is 0 Å². The Hall–Kier alpha value is -3.47. The second kappa shape index (κ2) is 8.95. The van der Waals surface area contributed by atoms with Gasteiger partial charge >= 0.3 is 0 Å². The largest absolute Gasteiger partial charge is 0.349 e. The van der Waals surface area contributed by atoms with Crippen molar-refractivity contribution in [1.82, 2.24) is 15.1 Å². The van der Waals surface area contributed by atoms with Crippen LogP contribution in [0.25, 0.3) is 22.0 Å². The molecule has 1 amide bonds. The lowest BCUT2D eigenvalue weighted by Crippen LogP contribution is -2.36. The predicted octanol–water partition coefficient (Wildman–Crippen LogP) is 5.95. The molecule has 1 aliphatic carbocycles. The van der Waals surface area contributed by atoms with Crippen molar-refractivity contribution in [2.24, 2.45) is 0 Å². The number of nitrogens with one attached hydrogen (secondary N) is 1. The smallest absolute Gasteiger partial charge is 0.253 e. The maximum Gasteiger partial charge on any atom is 0.253 e. The fourth-order valence-electron chi connectivity index (χ4n) is 4.59. The van der Waals surface area contributed by atoms with Gasteiger partial charge in [-0.2, -0.15) is 5.10 Å². The van der Waals surface area contributed by atoms with Crippen LogP contribution in [0.3, 0.4) is 0 Å². The van der Waals surface area contributed by atoms with E-state index in [1.54, 1.807) is 10.7 Å². The normalized spacial score (nSPS) is 14.5. The minimum atomic E-state index is -0.361. The highest BCUT2D eigenvalue weighted by Gasteiger charge is 2.21. The zero-order valence-electron chi connectivity index (χ0n) is 17.9. The van der Waals surface area contributed by atoms with Gasteiger partial charge in [0.05, 0.1) is 29.2 Å². The molecule has 1 aromatic heterocycles. The second-order valence-electron chi connectivity index (χ2n) is 8.53. The Balaban J connectivity index is 1.43. The molecule has 4 aromatic rings. The molecule has 0 unspecified atom stereocenters. The fraction of sp³-hybridized carbons (Fsp3) is 0.259. The summed E-state index contributed by atoms with van der Waals surface area (Å²) in [6, 6.07) is 21.6. The first-order valence-corrected chi connectivity index (χ1v) is 11.3. The Morgan fingerprint density at radius 3 is 2.41 bits per heavy atom. The molecule has 0 saturated heterocycles. The summed E-state index contributed by atoms with van der Waals surface area (Å²) in [5.74, 6) is -0.511. The van der Waals surface area contributed by atoms with Crippen LogP contribution in [0.2, 0.25) is 0 Å². The topological polar surface area (TPSA) is 46.9 Å². The molecule has 0 aliphatic heterocycles. The summed E-state index contributed by atoms with van der Waals surface area (Å²) in [5.41, 5.74) is 4.36. The standard InChI is InChI=1S/C27H26FN3O/c28-25-16-15-23(27(32)30-22-9-5-2-6-10-22)26-24(25)17-29-31(26)18-19-11-13-21(14-12-19)20-7-3-1-4-8-20/h1,3-4,7-8,11-17,22H,2,5-6,9-10,18H2,(H,30,32). The summed E-state index contributed by atoms with van der Waals surface area (Å²) in [4.78, 5) is 13.1. The van der Waals surface area contributed by atoms with E-state index in [9.17, 15) is 9.18 Å². The molecule has 0 bridgehead atoms. The van der Waals surface area contributed by atoms with Crippen molar-refractivity contribution in [3.8, 4) is 11.1 Å².